The Morgan fingerprint density at radius 2 is 2.03 bits per heavy atom. The molecule has 2 heterocycles. The van der Waals surface area contributed by atoms with Crippen molar-refractivity contribution in [2.24, 2.45) is 10.9 Å². The maximum Gasteiger partial charge on any atom is 0.234 e. The van der Waals surface area contributed by atoms with Crippen molar-refractivity contribution in [2.45, 2.75) is 33.0 Å². The molecule has 9 heteroatoms. The number of benzene rings is 2. The van der Waals surface area contributed by atoms with E-state index in [1.165, 1.54) is 11.8 Å². The molecule has 2 aromatic rings. The summed E-state index contributed by atoms with van der Waals surface area (Å²) in [7, 11) is 0. The van der Waals surface area contributed by atoms with E-state index in [0.29, 0.717) is 23.3 Å². The van der Waals surface area contributed by atoms with Gasteiger partial charge in [0.05, 0.1) is 18.3 Å². The van der Waals surface area contributed by atoms with E-state index in [1.54, 1.807) is 0 Å². The fourth-order valence-electron chi connectivity index (χ4n) is 3.84. The normalized spacial score (nSPS) is 22.3. The number of thioether (sulfide) groups is 1. The van der Waals surface area contributed by atoms with E-state index in [4.69, 9.17) is 15.1 Å². The van der Waals surface area contributed by atoms with Crippen LogP contribution >= 0.6 is 11.8 Å². The predicted octanol–water partition coefficient (Wildman–Crippen LogP) is 3.36. The van der Waals surface area contributed by atoms with Crippen LogP contribution in [0.2, 0.25) is 0 Å². The van der Waals surface area contributed by atoms with E-state index in [2.05, 4.69) is 16.2 Å². The molecule has 2 aliphatic rings. The van der Waals surface area contributed by atoms with Crippen molar-refractivity contribution in [1.82, 2.24) is 10.9 Å². The van der Waals surface area contributed by atoms with E-state index in [9.17, 15) is 4.79 Å². The molecule has 3 atom stereocenters. The second kappa shape index (κ2) is 9.72. The standard InChI is InChI=1S/C23H28N6O2S/c1-4-31-18-10-8-16(9-11-18)25-19(30)13-32-23-26-22-20(15(3)27-28-22)21(24)29(23)17-7-5-6-14(2)12-17/h5-12,15,20,22,24,27-28H,4,13H2,1-3H3,(H,25,30). The van der Waals surface area contributed by atoms with Gasteiger partial charge < -0.3 is 10.1 Å². The molecule has 0 spiro atoms. The summed E-state index contributed by atoms with van der Waals surface area (Å²) in [6.07, 6.45) is -0.227. The van der Waals surface area contributed by atoms with Crippen molar-refractivity contribution in [2.75, 3.05) is 22.6 Å². The number of rotatable bonds is 6. The Hall–Kier alpha value is -2.88. The van der Waals surface area contributed by atoms with Crippen LogP contribution in [-0.2, 0) is 4.79 Å². The fourth-order valence-corrected chi connectivity index (χ4v) is 4.70. The van der Waals surface area contributed by atoms with Gasteiger partial charge in [0.2, 0.25) is 5.91 Å². The average molecular weight is 453 g/mol. The zero-order chi connectivity index (χ0) is 22.7. The average Bonchev–Trinajstić information content (AvgIpc) is 3.15. The number of aryl methyl sites for hydroxylation is 1. The van der Waals surface area contributed by atoms with E-state index in [0.717, 1.165) is 17.0 Å². The minimum absolute atomic E-state index is 0.0815. The monoisotopic (exact) mass is 452 g/mol. The van der Waals surface area contributed by atoms with Gasteiger partial charge in [0.15, 0.2) is 5.17 Å². The number of nitrogens with zero attached hydrogens (tertiary/aromatic N) is 2. The van der Waals surface area contributed by atoms with Gasteiger partial charge in [-0.3, -0.25) is 20.5 Å². The first-order chi connectivity index (χ1) is 15.5. The van der Waals surface area contributed by atoms with Gasteiger partial charge in [-0.25, -0.2) is 10.4 Å². The zero-order valence-electron chi connectivity index (χ0n) is 18.4. The second-order valence-electron chi connectivity index (χ2n) is 7.81. The molecular formula is C23H28N6O2S. The van der Waals surface area contributed by atoms with Crippen LogP contribution in [0.4, 0.5) is 11.4 Å². The summed E-state index contributed by atoms with van der Waals surface area (Å²) >= 11 is 1.33. The largest absolute Gasteiger partial charge is 0.494 e. The fraction of sp³-hybridized carbons (Fsp3) is 0.348. The van der Waals surface area contributed by atoms with E-state index >= 15 is 0 Å². The molecule has 1 amide bonds. The van der Waals surface area contributed by atoms with E-state index < -0.39 is 0 Å². The van der Waals surface area contributed by atoms with Gasteiger partial charge in [0.1, 0.15) is 17.8 Å². The van der Waals surface area contributed by atoms with Gasteiger partial charge in [0.25, 0.3) is 0 Å². The molecule has 0 saturated carbocycles. The van der Waals surface area contributed by atoms with Crippen molar-refractivity contribution < 1.29 is 9.53 Å². The lowest BCUT2D eigenvalue weighted by molar-refractivity contribution is -0.113. The quantitative estimate of drug-likeness (QED) is 0.536. The minimum Gasteiger partial charge on any atom is -0.494 e. The summed E-state index contributed by atoms with van der Waals surface area (Å²) in [5, 5.41) is 12.4. The predicted molar refractivity (Wildman–Crippen MR) is 131 cm³/mol. The lowest BCUT2D eigenvalue weighted by Crippen LogP contribution is -2.50. The number of hydrogen-bond acceptors (Lipinski definition) is 7. The topological polar surface area (TPSA) is 102 Å². The summed E-state index contributed by atoms with van der Waals surface area (Å²) in [5.74, 6) is 1.20. The number of amides is 1. The number of anilines is 2. The highest BCUT2D eigenvalue weighted by atomic mass is 32.2. The molecule has 1 fully saturated rings. The molecule has 2 aliphatic heterocycles. The molecule has 2 aromatic carbocycles. The number of hydrazine groups is 1. The zero-order valence-corrected chi connectivity index (χ0v) is 19.2. The Balaban J connectivity index is 1.49. The summed E-state index contributed by atoms with van der Waals surface area (Å²) in [6.45, 7) is 6.59. The lowest BCUT2D eigenvalue weighted by Gasteiger charge is -2.36. The van der Waals surface area contributed by atoms with Crippen LogP contribution in [0.25, 0.3) is 0 Å². The molecule has 32 heavy (non-hydrogen) atoms. The summed E-state index contributed by atoms with van der Waals surface area (Å²) in [6, 6.07) is 15.4. The van der Waals surface area contributed by atoms with E-state index in [1.807, 2.05) is 74.2 Å². The Morgan fingerprint density at radius 3 is 2.75 bits per heavy atom. The number of fused-ring (bicyclic) bond motifs is 1. The Labute approximate surface area is 192 Å². The number of carbonyl (C=O) groups excluding carboxylic acids is 1. The Morgan fingerprint density at radius 1 is 1.25 bits per heavy atom. The molecular weight excluding hydrogens is 424 g/mol. The minimum atomic E-state index is -0.227. The van der Waals surface area contributed by atoms with Crippen LogP contribution in [0, 0.1) is 18.3 Å². The van der Waals surface area contributed by atoms with Gasteiger partial charge in [-0.2, -0.15) is 0 Å². The van der Waals surface area contributed by atoms with Crippen molar-refractivity contribution >= 4 is 40.0 Å². The highest BCUT2D eigenvalue weighted by molar-refractivity contribution is 8.14. The van der Waals surface area contributed by atoms with Crippen molar-refractivity contribution in [3.05, 3.63) is 54.1 Å². The molecule has 4 N–H and O–H groups in total. The molecule has 1 saturated heterocycles. The van der Waals surface area contributed by atoms with Gasteiger partial charge >= 0.3 is 0 Å². The molecule has 168 valence electrons. The van der Waals surface area contributed by atoms with Crippen LogP contribution < -0.4 is 25.8 Å². The summed E-state index contributed by atoms with van der Waals surface area (Å²) < 4.78 is 5.44. The van der Waals surface area contributed by atoms with Gasteiger partial charge in [0, 0.05) is 17.4 Å². The maximum atomic E-state index is 12.6. The summed E-state index contributed by atoms with van der Waals surface area (Å²) in [4.78, 5) is 19.3. The van der Waals surface area contributed by atoms with Crippen molar-refractivity contribution in [1.29, 1.82) is 5.41 Å². The smallest absolute Gasteiger partial charge is 0.234 e. The molecule has 4 rings (SSSR count). The number of amidine groups is 2. The molecule has 8 nitrogen and oxygen atoms in total. The SMILES string of the molecule is CCOc1ccc(NC(=O)CSC2=NC3NNC(C)C3C(=N)N2c2cccc(C)c2)cc1. The summed E-state index contributed by atoms with van der Waals surface area (Å²) in [5.41, 5.74) is 9.04. The number of hydrogen-bond donors (Lipinski definition) is 4. The highest BCUT2D eigenvalue weighted by Crippen LogP contribution is 2.32. The molecule has 0 aliphatic carbocycles. The molecule has 0 radical (unpaired) electrons. The van der Waals surface area contributed by atoms with Crippen LogP contribution in [0.1, 0.15) is 19.4 Å². The third-order valence-corrected chi connectivity index (χ3v) is 6.33. The molecule has 3 unspecified atom stereocenters. The Bertz CT molecular complexity index is 1030. The number of carbonyl (C=O) groups is 1. The van der Waals surface area contributed by atoms with Crippen molar-refractivity contribution in [3.8, 4) is 5.75 Å². The number of aliphatic imine (C=N–C) groups is 1. The van der Waals surface area contributed by atoms with E-state index in [-0.39, 0.29) is 29.8 Å². The number of ether oxygens (including phenoxy) is 1. The van der Waals surface area contributed by atoms with Gasteiger partial charge in [-0.1, -0.05) is 23.9 Å². The van der Waals surface area contributed by atoms with Gasteiger partial charge in [-0.05, 0) is 62.7 Å². The first-order valence-corrected chi connectivity index (χ1v) is 11.6. The highest BCUT2D eigenvalue weighted by Gasteiger charge is 2.43. The Kier molecular flexibility index (Phi) is 6.78. The van der Waals surface area contributed by atoms with Gasteiger partial charge in [-0.15, -0.1) is 0 Å². The first-order valence-electron chi connectivity index (χ1n) is 10.7. The van der Waals surface area contributed by atoms with Crippen LogP contribution in [0.3, 0.4) is 0 Å². The van der Waals surface area contributed by atoms with Crippen LogP contribution in [-0.4, -0.2) is 41.5 Å². The maximum absolute atomic E-state index is 12.6. The first kappa shape index (κ1) is 22.3. The third-order valence-electron chi connectivity index (χ3n) is 5.38. The number of nitrogens with one attached hydrogen (secondary N) is 4. The molecule has 0 bridgehead atoms. The van der Waals surface area contributed by atoms with Crippen LogP contribution in [0.15, 0.2) is 53.5 Å². The molecule has 0 aromatic heterocycles. The van der Waals surface area contributed by atoms with Crippen molar-refractivity contribution in [3.63, 3.8) is 0 Å². The lowest BCUT2D eigenvalue weighted by atomic mass is 9.97. The second-order valence-corrected chi connectivity index (χ2v) is 8.76. The third kappa shape index (κ3) is 4.79. The van der Waals surface area contributed by atoms with Crippen LogP contribution in [0.5, 0.6) is 5.75 Å².